The van der Waals surface area contributed by atoms with Gasteiger partial charge in [0.1, 0.15) is 6.10 Å². The van der Waals surface area contributed by atoms with Gasteiger partial charge < -0.3 is 9.64 Å². The monoisotopic (exact) mass is 343 g/mol. The van der Waals surface area contributed by atoms with Gasteiger partial charge in [-0.15, -0.1) is 0 Å². The number of benzene rings is 1. The average Bonchev–Trinajstić information content (AvgIpc) is 2.39. The smallest absolute Gasteiger partial charge is 0.293 e. The standard InChI is InChI=1S/C9H9BrO2.C7H17N/c1-7(12-6-11)8-2-4-9(10)5-3-8;1-6(2)8(5)7(3)4/h2-7H,1H3;6-7H,1-5H3. The summed E-state index contributed by atoms with van der Waals surface area (Å²) in [6.07, 6.45) is -0.171. The predicted molar refractivity (Wildman–Crippen MR) is 87.7 cm³/mol. The first-order valence-corrected chi connectivity index (χ1v) is 7.65. The van der Waals surface area contributed by atoms with E-state index in [1.165, 1.54) is 0 Å². The number of hydrogen-bond donors (Lipinski definition) is 0. The van der Waals surface area contributed by atoms with Gasteiger partial charge in [0, 0.05) is 16.6 Å². The molecule has 0 heterocycles. The van der Waals surface area contributed by atoms with Gasteiger partial charge in [-0.3, -0.25) is 4.79 Å². The molecule has 0 N–H and O–H groups in total. The molecule has 4 heteroatoms. The van der Waals surface area contributed by atoms with E-state index < -0.39 is 0 Å². The number of nitrogens with zero attached hydrogens (tertiary/aromatic N) is 1. The zero-order valence-electron chi connectivity index (χ0n) is 13.3. The number of ether oxygens (including phenoxy) is 1. The highest BCUT2D eigenvalue weighted by molar-refractivity contribution is 9.10. The lowest BCUT2D eigenvalue weighted by Crippen LogP contribution is -2.32. The summed E-state index contributed by atoms with van der Waals surface area (Å²) >= 11 is 3.32. The van der Waals surface area contributed by atoms with Crippen molar-refractivity contribution in [2.45, 2.75) is 52.8 Å². The average molecular weight is 344 g/mol. The molecule has 0 spiro atoms. The maximum atomic E-state index is 10.0. The summed E-state index contributed by atoms with van der Waals surface area (Å²) in [7, 11) is 2.15. The van der Waals surface area contributed by atoms with Crippen LogP contribution < -0.4 is 0 Å². The van der Waals surface area contributed by atoms with Gasteiger partial charge in [-0.05, 0) is 59.4 Å². The molecule has 1 rings (SSSR count). The summed E-state index contributed by atoms with van der Waals surface area (Å²) in [5, 5.41) is 0. The first kappa shape index (κ1) is 19.1. The molecule has 0 aliphatic carbocycles. The lowest BCUT2D eigenvalue weighted by Gasteiger charge is -2.24. The lowest BCUT2D eigenvalue weighted by atomic mass is 10.1. The number of carbonyl (C=O) groups excluding carboxylic acids is 1. The molecule has 0 aromatic heterocycles. The maximum Gasteiger partial charge on any atom is 0.293 e. The van der Waals surface area contributed by atoms with Gasteiger partial charge in [-0.2, -0.15) is 0 Å². The van der Waals surface area contributed by atoms with Crippen molar-refractivity contribution < 1.29 is 9.53 Å². The summed E-state index contributed by atoms with van der Waals surface area (Å²) in [4.78, 5) is 12.4. The molecular formula is C16H26BrNO2. The summed E-state index contributed by atoms with van der Waals surface area (Å²) < 4.78 is 5.79. The molecule has 114 valence electrons. The Labute approximate surface area is 131 Å². The SMILES string of the molecule is CC(C)N(C)C(C)C.CC(OC=O)c1ccc(Br)cc1. The van der Waals surface area contributed by atoms with Crippen molar-refractivity contribution in [3.8, 4) is 0 Å². The fourth-order valence-electron chi connectivity index (χ4n) is 1.49. The zero-order valence-corrected chi connectivity index (χ0v) is 14.8. The van der Waals surface area contributed by atoms with E-state index in [0.717, 1.165) is 10.0 Å². The Morgan fingerprint density at radius 2 is 1.50 bits per heavy atom. The van der Waals surface area contributed by atoms with Crippen molar-refractivity contribution in [1.29, 1.82) is 0 Å². The third kappa shape index (κ3) is 7.65. The molecule has 0 aliphatic rings. The van der Waals surface area contributed by atoms with Gasteiger partial charge >= 0.3 is 0 Å². The van der Waals surface area contributed by atoms with Crippen LogP contribution >= 0.6 is 15.9 Å². The van der Waals surface area contributed by atoms with E-state index in [4.69, 9.17) is 4.74 Å². The van der Waals surface area contributed by atoms with Crippen LogP contribution in [0.15, 0.2) is 28.7 Å². The Morgan fingerprint density at radius 1 is 1.05 bits per heavy atom. The van der Waals surface area contributed by atoms with Crippen molar-refractivity contribution in [2.75, 3.05) is 7.05 Å². The highest BCUT2D eigenvalue weighted by Crippen LogP contribution is 2.18. The van der Waals surface area contributed by atoms with Gasteiger partial charge in [0.15, 0.2) is 0 Å². The third-order valence-corrected chi connectivity index (χ3v) is 3.76. The van der Waals surface area contributed by atoms with Crippen molar-refractivity contribution >= 4 is 22.4 Å². The van der Waals surface area contributed by atoms with Crippen LogP contribution in [0.2, 0.25) is 0 Å². The van der Waals surface area contributed by atoms with Gasteiger partial charge in [0.05, 0.1) is 0 Å². The van der Waals surface area contributed by atoms with Crippen LogP contribution in [0.4, 0.5) is 0 Å². The minimum Gasteiger partial charge on any atom is -0.460 e. The fourth-order valence-corrected chi connectivity index (χ4v) is 1.76. The molecule has 0 radical (unpaired) electrons. The summed E-state index contributed by atoms with van der Waals surface area (Å²) in [5.74, 6) is 0. The largest absolute Gasteiger partial charge is 0.460 e. The number of hydrogen-bond acceptors (Lipinski definition) is 3. The van der Waals surface area contributed by atoms with Crippen molar-refractivity contribution in [3.63, 3.8) is 0 Å². The molecule has 0 saturated heterocycles. The molecule has 0 aliphatic heterocycles. The zero-order chi connectivity index (χ0) is 15.7. The minimum absolute atomic E-state index is 0.171. The third-order valence-electron chi connectivity index (χ3n) is 3.23. The van der Waals surface area contributed by atoms with Crippen molar-refractivity contribution in [2.24, 2.45) is 0 Å². The van der Waals surface area contributed by atoms with Crippen LogP contribution in [-0.2, 0) is 9.53 Å². The van der Waals surface area contributed by atoms with Crippen molar-refractivity contribution in [3.05, 3.63) is 34.3 Å². The predicted octanol–water partition coefficient (Wildman–Crippen LogP) is 4.42. The molecule has 1 aromatic carbocycles. The van der Waals surface area contributed by atoms with E-state index in [2.05, 4.69) is 55.6 Å². The van der Waals surface area contributed by atoms with Gasteiger partial charge in [-0.1, -0.05) is 28.1 Å². The Hall–Kier alpha value is -0.870. The van der Waals surface area contributed by atoms with Crippen LogP contribution in [-0.4, -0.2) is 30.5 Å². The van der Waals surface area contributed by atoms with Gasteiger partial charge in [-0.25, -0.2) is 0 Å². The fraction of sp³-hybridized carbons (Fsp3) is 0.562. The van der Waals surface area contributed by atoms with Crippen LogP contribution in [0.5, 0.6) is 0 Å². The second-order valence-electron chi connectivity index (χ2n) is 5.28. The van der Waals surface area contributed by atoms with E-state index in [0.29, 0.717) is 18.6 Å². The highest BCUT2D eigenvalue weighted by Gasteiger charge is 2.05. The highest BCUT2D eigenvalue weighted by atomic mass is 79.9. The Morgan fingerprint density at radius 3 is 1.80 bits per heavy atom. The summed E-state index contributed by atoms with van der Waals surface area (Å²) in [6, 6.07) is 9.02. The topological polar surface area (TPSA) is 29.5 Å². The van der Waals surface area contributed by atoms with Crippen molar-refractivity contribution in [1.82, 2.24) is 4.90 Å². The van der Waals surface area contributed by atoms with E-state index in [9.17, 15) is 4.79 Å². The van der Waals surface area contributed by atoms with E-state index >= 15 is 0 Å². The molecular weight excluding hydrogens is 318 g/mol. The normalized spacial score (nSPS) is 12.1. The summed E-state index contributed by atoms with van der Waals surface area (Å²) in [5.41, 5.74) is 0.991. The van der Waals surface area contributed by atoms with Gasteiger partial charge in [0.2, 0.25) is 0 Å². The van der Waals surface area contributed by atoms with E-state index in [1.54, 1.807) is 0 Å². The van der Waals surface area contributed by atoms with Crippen LogP contribution in [0, 0.1) is 0 Å². The molecule has 1 unspecified atom stereocenters. The van der Waals surface area contributed by atoms with Crippen LogP contribution in [0.1, 0.15) is 46.3 Å². The quantitative estimate of drug-likeness (QED) is 0.741. The molecule has 0 bridgehead atoms. The number of halogens is 1. The van der Waals surface area contributed by atoms with Crippen LogP contribution in [0.25, 0.3) is 0 Å². The number of rotatable bonds is 5. The lowest BCUT2D eigenvalue weighted by molar-refractivity contribution is -0.133. The van der Waals surface area contributed by atoms with E-state index in [-0.39, 0.29) is 6.10 Å². The molecule has 0 amide bonds. The molecule has 1 atom stereocenters. The Balaban J connectivity index is 0.000000396. The van der Waals surface area contributed by atoms with Crippen LogP contribution in [0.3, 0.4) is 0 Å². The first-order chi connectivity index (χ1) is 9.29. The molecule has 0 fully saturated rings. The van der Waals surface area contributed by atoms with E-state index in [1.807, 2.05) is 31.2 Å². The molecule has 1 aromatic rings. The van der Waals surface area contributed by atoms with Gasteiger partial charge in [0.25, 0.3) is 6.47 Å². The second kappa shape index (κ2) is 9.94. The Bertz CT molecular complexity index is 369. The molecule has 3 nitrogen and oxygen atoms in total. The maximum absolute atomic E-state index is 10.0. The first-order valence-electron chi connectivity index (χ1n) is 6.86. The Kier molecular flexibility index (Phi) is 9.51. The number of carbonyl (C=O) groups is 1. The molecule has 0 saturated carbocycles. The minimum atomic E-state index is -0.171. The molecule has 20 heavy (non-hydrogen) atoms. The second-order valence-corrected chi connectivity index (χ2v) is 6.19. The summed E-state index contributed by atoms with van der Waals surface area (Å²) in [6.45, 7) is 11.1.